The molecule has 6 heteroatoms. The molecule has 1 aliphatic heterocycles. The minimum atomic E-state index is 0. The van der Waals surface area contributed by atoms with Gasteiger partial charge in [-0.2, -0.15) is 6.42 Å². The van der Waals surface area contributed by atoms with Crippen LogP contribution in [0.25, 0.3) is 0 Å². The van der Waals surface area contributed by atoms with Crippen molar-refractivity contribution in [2.24, 2.45) is 0 Å². The summed E-state index contributed by atoms with van der Waals surface area (Å²) in [5.41, 5.74) is 0. The normalized spacial score (nSPS) is 17.4. The van der Waals surface area contributed by atoms with Crippen LogP contribution < -0.4 is 0 Å². The number of carbonyl (C=O) groups excluding carboxylic acids is 1. The summed E-state index contributed by atoms with van der Waals surface area (Å²) in [5, 5.41) is 0. The van der Waals surface area contributed by atoms with E-state index in [1.807, 2.05) is 6.29 Å². The van der Waals surface area contributed by atoms with E-state index in [9.17, 15) is 4.79 Å². The van der Waals surface area contributed by atoms with E-state index in [4.69, 9.17) is 9.30 Å². The monoisotopic (exact) mass is 394 g/mol. The SMILES string of the molecule is CCCC[C-]=O.[C-]#[O+].[C-]#[O+].[CH]1[CH][CH][C](C2SCCCS2)C[CH]1.[Fe+2]. The van der Waals surface area contributed by atoms with Crippen LogP contribution in [-0.2, 0) is 31.2 Å². The van der Waals surface area contributed by atoms with Gasteiger partial charge in [0.1, 0.15) is 0 Å². The number of thioether (sulfide) groups is 2. The Morgan fingerprint density at radius 1 is 1.22 bits per heavy atom. The zero-order chi connectivity index (χ0) is 17.1. The molecule has 0 bridgehead atoms. The van der Waals surface area contributed by atoms with E-state index < -0.39 is 0 Å². The first kappa shape index (κ1) is 28.2. The fourth-order valence-electron chi connectivity index (χ4n) is 1.66. The van der Waals surface area contributed by atoms with Gasteiger partial charge in [0.2, 0.25) is 0 Å². The van der Waals surface area contributed by atoms with E-state index in [2.05, 4.69) is 69.4 Å². The molecule has 23 heavy (non-hydrogen) atoms. The molecule has 2 rings (SSSR count). The quantitative estimate of drug-likeness (QED) is 0.311. The van der Waals surface area contributed by atoms with Crippen molar-refractivity contribution in [3.05, 3.63) is 44.9 Å². The average molecular weight is 394 g/mol. The standard InChI is InChI=1S/C10H13S2.C5H9O.2CO.Fe/c1-2-5-9(6-3-1)10-11-7-4-8-12-10;1-2-3-4-5-6;2*1-2;/h1-3,5,10H,4,6-8H2;2-4H2,1H3;;;/q;-1;;;+2. The van der Waals surface area contributed by atoms with E-state index in [1.165, 1.54) is 24.3 Å². The maximum Gasteiger partial charge on any atom is 2.00 e. The number of hydrogen-bond acceptors (Lipinski definition) is 3. The Morgan fingerprint density at radius 3 is 2.22 bits per heavy atom. The molecule has 2 fully saturated rings. The molecule has 0 aromatic carbocycles. The second-order valence-electron chi connectivity index (χ2n) is 4.24. The van der Waals surface area contributed by atoms with E-state index in [1.54, 1.807) is 5.92 Å². The minimum Gasteiger partial charge on any atom is -0.147 e. The van der Waals surface area contributed by atoms with E-state index in [0.29, 0.717) is 6.42 Å². The molecule has 0 unspecified atom stereocenters. The fourth-order valence-corrected chi connectivity index (χ4v) is 4.63. The maximum atomic E-state index is 9.44. The molecule has 1 saturated carbocycles. The van der Waals surface area contributed by atoms with Gasteiger partial charge in [-0.25, -0.2) is 0 Å². The molecule has 2 aliphatic rings. The first-order chi connectivity index (χ1) is 10.9. The topological polar surface area (TPSA) is 56.9 Å². The maximum absolute atomic E-state index is 9.44. The molecule has 0 aromatic rings. The third-order valence-electron chi connectivity index (χ3n) is 2.67. The van der Waals surface area contributed by atoms with Crippen molar-refractivity contribution in [2.45, 2.75) is 43.6 Å². The molecule has 1 saturated heterocycles. The van der Waals surface area contributed by atoms with Crippen molar-refractivity contribution in [3.8, 4) is 0 Å². The molecule has 0 spiro atoms. The Labute approximate surface area is 160 Å². The molecule has 1 aliphatic carbocycles. The first-order valence-corrected chi connectivity index (χ1v) is 9.16. The zero-order valence-corrected chi connectivity index (χ0v) is 16.0. The summed E-state index contributed by atoms with van der Waals surface area (Å²) in [6.07, 6.45) is 15.9. The van der Waals surface area contributed by atoms with Gasteiger partial charge in [0.15, 0.2) is 0 Å². The molecule has 0 amide bonds. The molecular formula is C17H22FeO3S2+. The Kier molecular flexibility index (Phi) is 30.2. The van der Waals surface area contributed by atoms with Crippen LogP contribution in [0.1, 0.15) is 39.0 Å². The molecule has 0 atom stereocenters. The summed E-state index contributed by atoms with van der Waals surface area (Å²) in [6, 6.07) is 0. The Hall–Kier alpha value is 0.369. The van der Waals surface area contributed by atoms with Gasteiger partial charge in [-0.3, -0.25) is 6.29 Å². The van der Waals surface area contributed by atoms with Gasteiger partial charge in [0.05, 0.1) is 4.58 Å². The van der Waals surface area contributed by atoms with Crippen molar-refractivity contribution in [3.63, 3.8) is 0 Å². The second kappa shape index (κ2) is 24.6. The van der Waals surface area contributed by atoms with E-state index >= 15 is 0 Å². The number of hydrogen-bond donors (Lipinski definition) is 0. The summed E-state index contributed by atoms with van der Waals surface area (Å²) in [7, 11) is 0. The van der Waals surface area contributed by atoms with Crippen LogP contribution in [-0.4, -0.2) is 22.4 Å². The Balaban J connectivity index is -0.000000314. The Morgan fingerprint density at radius 2 is 1.83 bits per heavy atom. The minimum absolute atomic E-state index is 0. The van der Waals surface area contributed by atoms with Gasteiger partial charge in [-0.05, 0) is 50.0 Å². The first-order valence-electron chi connectivity index (χ1n) is 7.06. The van der Waals surface area contributed by atoms with Gasteiger partial charge in [-0.1, -0.05) is 19.8 Å². The summed E-state index contributed by atoms with van der Waals surface area (Å²) in [6.45, 7) is 11.1. The van der Waals surface area contributed by atoms with Crippen LogP contribution in [0.2, 0.25) is 0 Å². The zero-order valence-electron chi connectivity index (χ0n) is 13.2. The van der Waals surface area contributed by atoms with E-state index in [-0.39, 0.29) is 17.1 Å². The van der Waals surface area contributed by atoms with Gasteiger partial charge in [0.25, 0.3) is 0 Å². The van der Waals surface area contributed by atoms with Crippen molar-refractivity contribution in [2.75, 3.05) is 11.5 Å². The molecule has 1 heterocycles. The van der Waals surface area contributed by atoms with Crippen LogP contribution in [0.15, 0.2) is 0 Å². The van der Waals surface area contributed by atoms with Gasteiger partial charge < -0.3 is 4.79 Å². The summed E-state index contributed by atoms with van der Waals surface area (Å²) < 4.78 is 15.7. The predicted molar refractivity (Wildman–Crippen MR) is 91.5 cm³/mol. The van der Waals surface area contributed by atoms with Crippen LogP contribution in [0.3, 0.4) is 0 Å². The van der Waals surface area contributed by atoms with Gasteiger partial charge >= 0.3 is 39.7 Å². The third-order valence-corrected chi connectivity index (χ3v) is 5.75. The molecule has 0 aromatic heterocycles. The molecular weight excluding hydrogens is 372 g/mol. The van der Waals surface area contributed by atoms with Crippen molar-refractivity contribution < 1.29 is 31.2 Å². The predicted octanol–water partition coefficient (Wildman–Crippen LogP) is 4.19. The van der Waals surface area contributed by atoms with Crippen LogP contribution >= 0.6 is 23.5 Å². The number of rotatable bonds is 4. The Bertz CT molecular complexity index is 252. The largest absolute Gasteiger partial charge is 2.00 e. The fraction of sp³-hybridized carbons (Fsp3) is 0.529. The summed E-state index contributed by atoms with van der Waals surface area (Å²) in [4.78, 5) is 9.44. The molecule has 3 nitrogen and oxygen atoms in total. The smallest absolute Gasteiger partial charge is 0.147 e. The van der Waals surface area contributed by atoms with Crippen LogP contribution in [0, 0.1) is 44.9 Å². The molecule has 127 valence electrons. The summed E-state index contributed by atoms with van der Waals surface area (Å²) >= 11 is 4.22. The van der Waals surface area contributed by atoms with Crippen LogP contribution in [0.5, 0.6) is 0 Å². The summed E-state index contributed by atoms with van der Waals surface area (Å²) in [5.74, 6) is 4.30. The van der Waals surface area contributed by atoms with Crippen molar-refractivity contribution >= 4 is 29.8 Å². The van der Waals surface area contributed by atoms with Crippen molar-refractivity contribution in [1.82, 2.24) is 0 Å². The van der Waals surface area contributed by atoms with Crippen molar-refractivity contribution in [1.29, 1.82) is 0 Å². The van der Waals surface area contributed by atoms with Crippen LogP contribution in [0.4, 0.5) is 0 Å². The van der Waals surface area contributed by atoms with E-state index in [0.717, 1.165) is 17.4 Å². The molecule has 0 N–H and O–H groups in total. The van der Waals surface area contributed by atoms with Gasteiger partial charge in [0, 0.05) is 5.92 Å². The number of unbranched alkanes of at least 4 members (excludes halogenated alkanes) is 2. The third kappa shape index (κ3) is 17.0. The second-order valence-corrected chi connectivity index (χ2v) is 6.97. The van der Waals surface area contributed by atoms with Gasteiger partial charge in [-0.15, -0.1) is 23.5 Å². The average Bonchev–Trinajstić information content (AvgIpc) is 2.65. The molecule has 5 radical (unpaired) electrons.